The fourth-order valence-corrected chi connectivity index (χ4v) is 6.25. The Labute approximate surface area is 127 Å². The van der Waals surface area contributed by atoms with Gasteiger partial charge in [-0.2, -0.15) is 4.31 Å². The van der Waals surface area contributed by atoms with E-state index in [4.69, 9.17) is 0 Å². The maximum atomic E-state index is 13.1. The van der Waals surface area contributed by atoms with E-state index >= 15 is 0 Å². The van der Waals surface area contributed by atoms with Crippen molar-refractivity contribution in [2.45, 2.75) is 50.1 Å². The lowest BCUT2D eigenvalue weighted by molar-refractivity contribution is 0.350. The van der Waals surface area contributed by atoms with E-state index < -0.39 is 10.0 Å². The number of hydrogen-bond donors (Lipinski definition) is 1. The van der Waals surface area contributed by atoms with E-state index in [9.17, 15) is 8.42 Å². The number of hydrogen-bond acceptors (Lipinski definition) is 3. The Hall–Kier alpha value is -0.910. The van der Waals surface area contributed by atoms with Crippen molar-refractivity contribution >= 4 is 10.0 Å². The lowest BCUT2D eigenvalue weighted by Gasteiger charge is -2.24. The van der Waals surface area contributed by atoms with Crippen LogP contribution in [-0.2, 0) is 10.0 Å². The van der Waals surface area contributed by atoms with Crippen LogP contribution in [0.3, 0.4) is 0 Å². The minimum absolute atomic E-state index is 0.174. The third kappa shape index (κ3) is 2.51. The van der Waals surface area contributed by atoms with Gasteiger partial charge >= 0.3 is 0 Å². The zero-order chi connectivity index (χ0) is 15.2. The number of sulfonamides is 1. The van der Waals surface area contributed by atoms with Gasteiger partial charge in [0.2, 0.25) is 10.0 Å². The van der Waals surface area contributed by atoms with Gasteiger partial charge in [0.25, 0.3) is 0 Å². The largest absolute Gasteiger partial charge is 0.319 e. The van der Waals surface area contributed by atoms with Gasteiger partial charge in [-0.3, -0.25) is 0 Å². The third-order valence-corrected chi connectivity index (χ3v) is 6.79. The Morgan fingerprint density at radius 3 is 2.48 bits per heavy atom. The highest BCUT2D eigenvalue weighted by Crippen LogP contribution is 2.44. The maximum Gasteiger partial charge on any atom is 0.243 e. The summed E-state index contributed by atoms with van der Waals surface area (Å²) in [7, 11) is -1.43. The number of nitrogens with one attached hydrogen (secondary N) is 1. The second kappa shape index (κ2) is 5.38. The number of benzene rings is 1. The van der Waals surface area contributed by atoms with Crippen LogP contribution in [0.2, 0.25) is 0 Å². The van der Waals surface area contributed by atoms with Crippen molar-refractivity contribution in [3.8, 4) is 0 Å². The van der Waals surface area contributed by atoms with E-state index in [1.165, 1.54) is 0 Å². The predicted octanol–water partition coefficient (Wildman–Crippen LogP) is 2.06. The van der Waals surface area contributed by atoms with Crippen LogP contribution in [0.15, 0.2) is 23.1 Å². The first-order chi connectivity index (χ1) is 9.93. The van der Waals surface area contributed by atoms with Crippen LogP contribution >= 0.6 is 0 Å². The number of rotatable bonds is 4. The molecular formula is C16H24N2O2S. The van der Waals surface area contributed by atoms with E-state index in [0.717, 1.165) is 36.9 Å². The van der Waals surface area contributed by atoms with Gasteiger partial charge in [0.05, 0.1) is 4.90 Å². The fourth-order valence-electron chi connectivity index (χ4n) is 4.12. The highest BCUT2D eigenvalue weighted by molar-refractivity contribution is 7.89. The molecule has 1 aromatic rings. The Bertz CT molecular complexity index is 621. The molecule has 1 aromatic carbocycles. The van der Waals surface area contributed by atoms with Gasteiger partial charge < -0.3 is 5.32 Å². The normalized spacial score (nSPS) is 29.2. The summed E-state index contributed by atoms with van der Waals surface area (Å²) in [5, 5.41) is 3.20. The molecule has 0 spiro atoms. The second-order valence-corrected chi connectivity index (χ2v) is 8.35. The van der Waals surface area contributed by atoms with E-state index in [1.807, 2.05) is 31.3 Å². The molecule has 2 aliphatic rings. The van der Waals surface area contributed by atoms with Crippen molar-refractivity contribution in [1.29, 1.82) is 0 Å². The van der Waals surface area contributed by atoms with Crippen molar-refractivity contribution in [1.82, 2.24) is 9.62 Å². The molecule has 116 valence electrons. The smallest absolute Gasteiger partial charge is 0.243 e. The predicted molar refractivity (Wildman–Crippen MR) is 83.8 cm³/mol. The topological polar surface area (TPSA) is 49.4 Å². The molecule has 0 aromatic heterocycles. The molecule has 5 heteroatoms. The van der Waals surface area contributed by atoms with E-state index in [2.05, 4.69) is 5.32 Å². The zero-order valence-electron chi connectivity index (χ0n) is 13.0. The average molecular weight is 308 g/mol. The summed E-state index contributed by atoms with van der Waals surface area (Å²) in [4.78, 5) is 0.460. The van der Waals surface area contributed by atoms with E-state index in [-0.39, 0.29) is 12.1 Å². The summed E-state index contributed by atoms with van der Waals surface area (Å²) < 4.78 is 27.9. The third-order valence-electron chi connectivity index (χ3n) is 4.84. The molecule has 0 radical (unpaired) electrons. The number of nitrogens with zero attached hydrogens (tertiary/aromatic N) is 1. The molecule has 3 rings (SSSR count). The Kier molecular flexibility index (Phi) is 3.84. The quantitative estimate of drug-likeness (QED) is 0.926. The van der Waals surface area contributed by atoms with Gasteiger partial charge in [-0.1, -0.05) is 6.07 Å². The average Bonchev–Trinajstić information content (AvgIpc) is 2.96. The minimum Gasteiger partial charge on any atom is -0.319 e. The summed E-state index contributed by atoms with van der Waals surface area (Å²) in [6.45, 7) is 4.81. The summed E-state index contributed by atoms with van der Waals surface area (Å²) in [6.07, 6.45) is 3.01. The second-order valence-electron chi connectivity index (χ2n) is 6.51. The highest BCUT2D eigenvalue weighted by atomic mass is 32.2. The van der Waals surface area contributed by atoms with Crippen LogP contribution in [0.4, 0.5) is 0 Å². The molecule has 2 aliphatic heterocycles. The first-order valence-corrected chi connectivity index (χ1v) is 9.14. The van der Waals surface area contributed by atoms with Crippen LogP contribution in [0.5, 0.6) is 0 Å². The molecule has 0 amide bonds. The number of fused-ring (bicyclic) bond motifs is 2. The molecule has 0 unspecified atom stereocenters. The summed E-state index contributed by atoms with van der Waals surface area (Å²) >= 11 is 0. The monoisotopic (exact) mass is 308 g/mol. The van der Waals surface area contributed by atoms with Gasteiger partial charge in [0.1, 0.15) is 0 Å². The molecule has 0 saturated carbocycles. The summed E-state index contributed by atoms with van der Waals surface area (Å²) in [5.41, 5.74) is 2.01. The van der Waals surface area contributed by atoms with Crippen molar-refractivity contribution in [3.05, 3.63) is 29.3 Å². The molecule has 2 heterocycles. The lowest BCUT2D eigenvalue weighted by atomic mass is 9.89. The molecule has 4 nitrogen and oxygen atoms in total. The first-order valence-electron chi connectivity index (χ1n) is 7.70. The van der Waals surface area contributed by atoms with Gasteiger partial charge in [0, 0.05) is 12.1 Å². The van der Waals surface area contributed by atoms with Gasteiger partial charge in [-0.25, -0.2) is 8.42 Å². The molecule has 1 N–H and O–H groups in total. The summed E-state index contributed by atoms with van der Waals surface area (Å²) in [6, 6.07) is 5.98. The van der Waals surface area contributed by atoms with Crippen LogP contribution in [0.25, 0.3) is 0 Å². The molecule has 2 saturated heterocycles. The van der Waals surface area contributed by atoms with Crippen molar-refractivity contribution in [2.24, 2.45) is 5.92 Å². The standard InChI is InChI=1S/C16H24N2O2S/c1-11-6-12(2)8-15(7-11)21(19,20)18-14-4-5-16(18)13(9-14)10-17-3/h6-8,13-14,16-17H,4-5,9-10H2,1-3H3/t13-,14-,16+/m1/s1. The molecule has 2 fully saturated rings. The SMILES string of the molecule is CNC[C@H]1C[C@H]2CC[C@@H]1N2S(=O)(=O)c1cc(C)cc(C)c1. The molecule has 21 heavy (non-hydrogen) atoms. The van der Waals surface area contributed by atoms with E-state index in [1.54, 1.807) is 12.1 Å². The fraction of sp³-hybridized carbons (Fsp3) is 0.625. The zero-order valence-corrected chi connectivity index (χ0v) is 13.8. The molecule has 2 bridgehead atoms. The first kappa shape index (κ1) is 15.0. The minimum atomic E-state index is -3.37. The van der Waals surface area contributed by atoms with Crippen LogP contribution < -0.4 is 5.32 Å². The van der Waals surface area contributed by atoms with Gasteiger partial charge in [-0.15, -0.1) is 0 Å². The molecule has 0 aliphatic carbocycles. The van der Waals surface area contributed by atoms with Crippen molar-refractivity contribution in [2.75, 3.05) is 13.6 Å². The molecule has 3 atom stereocenters. The van der Waals surface area contributed by atoms with Crippen LogP contribution in [0.1, 0.15) is 30.4 Å². The van der Waals surface area contributed by atoms with E-state index in [0.29, 0.717) is 10.8 Å². The van der Waals surface area contributed by atoms with Crippen molar-refractivity contribution < 1.29 is 8.42 Å². The van der Waals surface area contributed by atoms with Crippen molar-refractivity contribution in [3.63, 3.8) is 0 Å². The highest BCUT2D eigenvalue weighted by Gasteiger charge is 2.51. The summed E-state index contributed by atoms with van der Waals surface area (Å²) in [5.74, 6) is 0.453. The Morgan fingerprint density at radius 1 is 1.19 bits per heavy atom. The van der Waals surface area contributed by atoms with Gasteiger partial charge in [0.15, 0.2) is 0 Å². The molecular weight excluding hydrogens is 284 g/mol. The van der Waals surface area contributed by atoms with Crippen LogP contribution in [-0.4, -0.2) is 38.4 Å². The van der Waals surface area contributed by atoms with Crippen LogP contribution in [0, 0.1) is 19.8 Å². The number of aryl methyl sites for hydroxylation is 2. The Balaban J connectivity index is 1.96. The lowest BCUT2D eigenvalue weighted by Crippen LogP contribution is -2.38. The Morgan fingerprint density at radius 2 is 1.86 bits per heavy atom. The maximum absolute atomic E-state index is 13.1. The van der Waals surface area contributed by atoms with Gasteiger partial charge in [-0.05, 0) is 75.9 Å².